The smallest absolute Gasteiger partial charge is 0.0666 e. The molecular formula is C13H29NSi. The predicted octanol–water partition coefficient (Wildman–Crippen LogP) is 3.93. The van der Waals surface area contributed by atoms with Crippen molar-refractivity contribution < 1.29 is 0 Å². The topological polar surface area (TPSA) is 3.24 Å². The van der Waals surface area contributed by atoms with Crippen molar-refractivity contribution in [3.05, 3.63) is 12.2 Å². The first-order chi connectivity index (χ1) is 7.05. The van der Waals surface area contributed by atoms with Gasteiger partial charge in [-0.1, -0.05) is 39.1 Å². The molecule has 0 aliphatic rings. The molecular weight excluding hydrogens is 198 g/mol. The Morgan fingerprint density at radius 2 is 1.60 bits per heavy atom. The molecule has 0 N–H and O–H groups in total. The lowest BCUT2D eigenvalue weighted by molar-refractivity contribution is 0.313. The Morgan fingerprint density at radius 3 is 2.00 bits per heavy atom. The fourth-order valence-electron chi connectivity index (χ4n) is 2.01. The van der Waals surface area contributed by atoms with E-state index in [0.29, 0.717) is 0 Å². The zero-order valence-corrected chi connectivity index (χ0v) is 12.3. The third-order valence-electron chi connectivity index (χ3n) is 2.64. The van der Waals surface area contributed by atoms with E-state index in [0.717, 1.165) is 0 Å². The highest BCUT2D eigenvalue weighted by Crippen LogP contribution is 2.12. The average Bonchev–Trinajstić information content (AvgIpc) is 2.15. The zero-order valence-electron chi connectivity index (χ0n) is 11.3. The van der Waals surface area contributed by atoms with Gasteiger partial charge >= 0.3 is 0 Å². The molecule has 0 fully saturated rings. The van der Waals surface area contributed by atoms with E-state index in [1.54, 1.807) is 0 Å². The van der Waals surface area contributed by atoms with Gasteiger partial charge in [-0.15, -0.1) is 0 Å². The van der Waals surface area contributed by atoms with Crippen LogP contribution >= 0.6 is 0 Å². The van der Waals surface area contributed by atoms with Gasteiger partial charge in [0.1, 0.15) is 0 Å². The van der Waals surface area contributed by atoms with Gasteiger partial charge in [0, 0.05) is 0 Å². The van der Waals surface area contributed by atoms with Gasteiger partial charge in [-0.05, 0) is 45.1 Å². The molecule has 0 aromatic carbocycles. The summed E-state index contributed by atoms with van der Waals surface area (Å²) in [6.45, 7) is 14.3. The molecule has 0 saturated carbocycles. The Labute approximate surface area is 97.6 Å². The van der Waals surface area contributed by atoms with Crippen molar-refractivity contribution in [2.24, 2.45) is 0 Å². The van der Waals surface area contributed by atoms with Crippen molar-refractivity contribution in [3.8, 4) is 0 Å². The first-order valence-electron chi connectivity index (χ1n) is 6.39. The molecule has 0 spiro atoms. The maximum Gasteiger partial charge on any atom is 0.0666 e. The van der Waals surface area contributed by atoms with Gasteiger partial charge in [0.25, 0.3) is 0 Å². The lowest BCUT2D eigenvalue weighted by Crippen LogP contribution is -2.42. The van der Waals surface area contributed by atoms with Gasteiger partial charge in [-0.3, -0.25) is 0 Å². The van der Waals surface area contributed by atoms with Gasteiger partial charge in [0.15, 0.2) is 0 Å². The van der Waals surface area contributed by atoms with Crippen LogP contribution in [0.4, 0.5) is 0 Å². The summed E-state index contributed by atoms with van der Waals surface area (Å²) < 4.78 is 0. The maximum absolute atomic E-state index is 2.66. The molecule has 0 aromatic heterocycles. The molecule has 0 aromatic rings. The summed E-state index contributed by atoms with van der Waals surface area (Å²) in [6, 6.07) is 1.33. The minimum Gasteiger partial charge on any atom is -0.306 e. The Morgan fingerprint density at radius 1 is 1.07 bits per heavy atom. The van der Waals surface area contributed by atoms with Crippen LogP contribution in [0.15, 0.2) is 12.2 Å². The summed E-state index contributed by atoms with van der Waals surface area (Å²) >= 11 is 0. The molecule has 0 amide bonds. The van der Waals surface area contributed by atoms with Crippen molar-refractivity contribution >= 4 is 8.07 Å². The first-order valence-corrected chi connectivity index (χ1v) is 9.80. The van der Waals surface area contributed by atoms with Crippen molar-refractivity contribution in [2.45, 2.75) is 52.8 Å². The van der Waals surface area contributed by atoms with Gasteiger partial charge < -0.3 is 4.90 Å². The number of nitrogens with zero attached hydrogens (tertiary/aromatic N) is 1. The van der Waals surface area contributed by atoms with Crippen LogP contribution in [0.1, 0.15) is 33.6 Å². The van der Waals surface area contributed by atoms with Crippen LogP contribution in [-0.4, -0.2) is 32.2 Å². The lowest BCUT2D eigenvalue weighted by Gasteiger charge is -2.30. The molecule has 0 atom stereocenters. The second-order valence-electron chi connectivity index (χ2n) is 5.21. The molecule has 15 heavy (non-hydrogen) atoms. The average molecular weight is 227 g/mol. The van der Waals surface area contributed by atoms with Crippen LogP contribution in [0.3, 0.4) is 0 Å². The minimum absolute atomic E-state index is 1.02. The Balaban J connectivity index is 4.10. The van der Waals surface area contributed by atoms with Crippen molar-refractivity contribution in [3.63, 3.8) is 0 Å². The van der Waals surface area contributed by atoms with Crippen molar-refractivity contribution in [2.75, 3.05) is 19.3 Å². The lowest BCUT2D eigenvalue weighted by atomic mass is 10.4. The van der Waals surface area contributed by atoms with E-state index in [-0.39, 0.29) is 0 Å². The third-order valence-corrected chi connectivity index (χ3v) is 5.28. The van der Waals surface area contributed by atoms with Crippen LogP contribution in [0.5, 0.6) is 0 Å². The molecule has 1 nitrogen and oxygen atoms in total. The number of rotatable bonds is 8. The van der Waals surface area contributed by atoms with E-state index in [9.17, 15) is 0 Å². The third kappa shape index (κ3) is 7.80. The van der Waals surface area contributed by atoms with Crippen LogP contribution in [0.2, 0.25) is 19.1 Å². The zero-order chi connectivity index (χ0) is 11.7. The summed E-state index contributed by atoms with van der Waals surface area (Å²) in [4.78, 5) is 2.66. The van der Waals surface area contributed by atoms with Crippen molar-refractivity contribution in [1.82, 2.24) is 4.90 Å². The normalized spacial score (nSPS) is 12.9. The molecule has 90 valence electrons. The van der Waals surface area contributed by atoms with E-state index in [2.05, 4.69) is 50.9 Å². The summed E-state index contributed by atoms with van der Waals surface area (Å²) in [5.41, 5.74) is 0. The molecule has 0 unspecified atom stereocenters. The molecule has 0 heterocycles. The fourth-order valence-corrected chi connectivity index (χ4v) is 4.54. The standard InChI is InChI=1S/C13H29NSi/c1-6-9-12-15(4,5)13-14(10-7-2)11-8-3/h6,9H,7-8,10-13H2,1-5H3/b9-6+. The number of allylic oxidation sites excluding steroid dienone is 2. The highest BCUT2D eigenvalue weighted by Gasteiger charge is 2.21. The van der Waals surface area contributed by atoms with E-state index < -0.39 is 8.07 Å². The molecule has 0 saturated heterocycles. The second-order valence-corrected chi connectivity index (χ2v) is 10.3. The van der Waals surface area contributed by atoms with Crippen LogP contribution in [0, 0.1) is 0 Å². The highest BCUT2D eigenvalue weighted by atomic mass is 28.3. The molecule has 0 bridgehead atoms. The van der Waals surface area contributed by atoms with Crippen LogP contribution in [-0.2, 0) is 0 Å². The van der Waals surface area contributed by atoms with E-state index >= 15 is 0 Å². The molecule has 0 aliphatic carbocycles. The SMILES string of the molecule is C/C=C/C[Si](C)(C)CN(CCC)CCC. The molecule has 2 heteroatoms. The van der Waals surface area contributed by atoms with Crippen molar-refractivity contribution in [1.29, 1.82) is 0 Å². The monoisotopic (exact) mass is 227 g/mol. The second kappa shape index (κ2) is 8.11. The summed E-state index contributed by atoms with van der Waals surface area (Å²) in [5.74, 6) is 0. The quantitative estimate of drug-likeness (QED) is 0.448. The summed E-state index contributed by atoms with van der Waals surface area (Å²) in [5, 5.41) is 0. The fraction of sp³-hybridized carbons (Fsp3) is 0.846. The summed E-state index contributed by atoms with van der Waals surface area (Å²) in [6.07, 6.45) is 8.47. The molecule has 0 rings (SSSR count). The Bertz CT molecular complexity index is 169. The van der Waals surface area contributed by atoms with Gasteiger partial charge in [-0.2, -0.15) is 0 Å². The first kappa shape index (κ1) is 14.9. The Kier molecular flexibility index (Phi) is 8.07. The van der Waals surface area contributed by atoms with Gasteiger partial charge in [0.2, 0.25) is 0 Å². The van der Waals surface area contributed by atoms with E-state index in [4.69, 9.17) is 0 Å². The minimum atomic E-state index is -1.02. The highest BCUT2D eigenvalue weighted by molar-refractivity contribution is 6.78. The molecule has 0 aliphatic heterocycles. The Hall–Kier alpha value is -0.0831. The number of hydrogen-bond donors (Lipinski definition) is 0. The molecule has 0 radical (unpaired) electrons. The van der Waals surface area contributed by atoms with E-state index in [1.807, 2.05) is 0 Å². The van der Waals surface area contributed by atoms with Crippen LogP contribution < -0.4 is 0 Å². The predicted molar refractivity (Wildman–Crippen MR) is 74.1 cm³/mol. The largest absolute Gasteiger partial charge is 0.306 e. The maximum atomic E-state index is 2.66. The van der Waals surface area contributed by atoms with Gasteiger partial charge in [0.05, 0.1) is 8.07 Å². The van der Waals surface area contributed by atoms with Gasteiger partial charge in [-0.25, -0.2) is 0 Å². The van der Waals surface area contributed by atoms with Crippen LogP contribution in [0.25, 0.3) is 0 Å². The summed E-state index contributed by atoms with van der Waals surface area (Å²) in [7, 11) is -1.02. The number of hydrogen-bond acceptors (Lipinski definition) is 1. The van der Waals surface area contributed by atoms with E-state index in [1.165, 1.54) is 38.1 Å².